The summed E-state index contributed by atoms with van der Waals surface area (Å²) in [5.74, 6) is 0. The number of unbranched alkanes of at least 4 members (excludes halogenated alkanes) is 11. The summed E-state index contributed by atoms with van der Waals surface area (Å²) in [5.41, 5.74) is 0. The zero-order valence-electron chi connectivity index (χ0n) is 16.2. The maximum Gasteiger partial charge on any atom is 0.0238 e. The third-order valence-corrected chi connectivity index (χ3v) is 4.04. The smallest absolute Gasteiger partial charge is 0.0238 e. The minimum Gasteiger partial charge on any atom is -0.314 e. The predicted octanol–water partition coefficient (Wildman–Crippen LogP) is 7.21. The largest absolute Gasteiger partial charge is 0.314 e. The number of nitrogens with zero attached hydrogens (tertiary/aromatic N) is 1. The Morgan fingerprint density at radius 1 is 0.455 bits per heavy atom. The van der Waals surface area contributed by atoms with E-state index in [1.54, 1.807) is 0 Å². The van der Waals surface area contributed by atoms with Crippen molar-refractivity contribution in [2.24, 2.45) is 0 Å². The molecular weight excluding hydrogens is 270 g/mol. The van der Waals surface area contributed by atoms with Gasteiger partial charge in [0.2, 0.25) is 0 Å². The monoisotopic (exact) mass is 315 g/mol. The summed E-state index contributed by atoms with van der Waals surface area (Å²) in [6.45, 7) is 10.6. The Hall–Kier alpha value is -0.0800. The van der Waals surface area contributed by atoms with Crippen LogP contribution in [-0.4, -0.2) is 23.4 Å². The topological polar surface area (TPSA) is 23.5 Å². The van der Waals surface area contributed by atoms with Gasteiger partial charge in [0.05, 0.1) is 0 Å². The van der Waals surface area contributed by atoms with Crippen LogP contribution in [-0.2, 0) is 0 Å². The molecule has 2 heteroatoms. The molecule has 0 aliphatic rings. The van der Waals surface area contributed by atoms with Crippen LogP contribution in [0, 0.1) is 0 Å². The lowest BCUT2D eigenvalue weighted by molar-refractivity contribution is -0.0925. The van der Waals surface area contributed by atoms with Gasteiger partial charge in [-0.15, -0.1) is 0 Å². The highest BCUT2D eigenvalue weighted by Crippen LogP contribution is 2.07. The first-order valence-corrected chi connectivity index (χ1v) is 10.2. The standard InChI is InChI=1S/C16H35NO.C4H10/c1-3-5-7-9-11-13-15-17(18)16-14-12-10-8-6-4-2;1-3-4-2/h18H,3-16H2,1-2H3;3-4H2,1-2H3. The minimum absolute atomic E-state index is 0.862. The van der Waals surface area contributed by atoms with E-state index in [0.29, 0.717) is 0 Å². The van der Waals surface area contributed by atoms with Crippen LogP contribution in [0.5, 0.6) is 0 Å². The van der Waals surface area contributed by atoms with Crippen LogP contribution in [0.3, 0.4) is 0 Å². The van der Waals surface area contributed by atoms with Gasteiger partial charge in [-0.25, -0.2) is 0 Å². The molecule has 0 saturated carbocycles. The molecule has 0 fully saturated rings. The Balaban J connectivity index is 0. The Bertz CT molecular complexity index is 155. The SMILES string of the molecule is CCCC.CCCCCCCCN(O)CCCCCCCC. The molecule has 0 aromatic carbocycles. The highest BCUT2D eigenvalue weighted by Gasteiger charge is 2.00. The quantitative estimate of drug-likeness (QED) is 0.255. The summed E-state index contributed by atoms with van der Waals surface area (Å²) < 4.78 is 0. The van der Waals surface area contributed by atoms with E-state index < -0.39 is 0 Å². The minimum atomic E-state index is 0.862. The zero-order chi connectivity index (χ0) is 16.9. The predicted molar refractivity (Wildman–Crippen MR) is 101 cm³/mol. The highest BCUT2D eigenvalue weighted by molar-refractivity contribution is 4.50. The summed E-state index contributed by atoms with van der Waals surface area (Å²) in [5, 5.41) is 11.2. The molecule has 136 valence electrons. The van der Waals surface area contributed by atoms with Gasteiger partial charge >= 0.3 is 0 Å². The number of hydrogen-bond donors (Lipinski definition) is 1. The maximum atomic E-state index is 9.69. The van der Waals surface area contributed by atoms with E-state index in [0.717, 1.165) is 25.9 Å². The van der Waals surface area contributed by atoms with Gasteiger partial charge in [0.1, 0.15) is 0 Å². The van der Waals surface area contributed by atoms with E-state index in [2.05, 4.69) is 27.7 Å². The van der Waals surface area contributed by atoms with Gasteiger partial charge in [-0.05, 0) is 12.8 Å². The summed E-state index contributed by atoms with van der Waals surface area (Å²) in [6.07, 6.45) is 18.2. The summed E-state index contributed by atoms with van der Waals surface area (Å²) in [4.78, 5) is 0. The van der Waals surface area contributed by atoms with Gasteiger partial charge in [-0.1, -0.05) is 105 Å². The van der Waals surface area contributed by atoms with Gasteiger partial charge in [0.25, 0.3) is 0 Å². The van der Waals surface area contributed by atoms with E-state index in [1.165, 1.54) is 82.1 Å². The molecule has 22 heavy (non-hydrogen) atoms. The van der Waals surface area contributed by atoms with E-state index >= 15 is 0 Å². The van der Waals surface area contributed by atoms with Crippen molar-refractivity contribution in [2.75, 3.05) is 13.1 Å². The molecule has 0 saturated heterocycles. The highest BCUT2D eigenvalue weighted by atomic mass is 16.5. The van der Waals surface area contributed by atoms with Crippen molar-refractivity contribution in [2.45, 2.75) is 118 Å². The Labute approximate surface area is 141 Å². The lowest BCUT2D eigenvalue weighted by atomic mass is 10.1. The molecule has 0 aliphatic carbocycles. The zero-order valence-corrected chi connectivity index (χ0v) is 16.2. The van der Waals surface area contributed by atoms with Gasteiger partial charge in [0.15, 0.2) is 0 Å². The van der Waals surface area contributed by atoms with Gasteiger partial charge in [-0.3, -0.25) is 0 Å². The third kappa shape index (κ3) is 24.9. The van der Waals surface area contributed by atoms with Gasteiger partial charge in [0, 0.05) is 13.1 Å². The lowest BCUT2D eigenvalue weighted by Crippen LogP contribution is -2.21. The first-order valence-electron chi connectivity index (χ1n) is 10.2. The third-order valence-electron chi connectivity index (χ3n) is 4.04. The molecule has 0 rings (SSSR count). The Kier molecular flexibility index (Phi) is 25.5. The lowest BCUT2D eigenvalue weighted by Gasteiger charge is -2.14. The molecule has 0 radical (unpaired) electrons. The second-order valence-corrected chi connectivity index (χ2v) is 6.49. The van der Waals surface area contributed by atoms with Crippen molar-refractivity contribution in [3.63, 3.8) is 0 Å². The van der Waals surface area contributed by atoms with Crippen molar-refractivity contribution in [3.05, 3.63) is 0 Å². The van der Waals surface area contributed by atoms with E-state index in [1.807, 2.05) is 0 Å². The fraction of sp³-hybridized carbons (Fsp3) is 1.00. The molecule has 0 unspecified atom stereocenters. The van der Waals surface area contributed by atoms with Crippen molar-refractivity contribution < 1.29 is 5.21 Å². The van der Waals surface area contributed by atoms with E-state index in [-0.39, 0.29) is 0 Å². The van der Waals surface area contributed by atoms with Crippen molar-refractivity contribution in [3.8, 4) is 0 Å². The number of hydrogen-bond acceptors (Lipinski definition) is 2. The maximum absolute atomic E-state index is 9.69. The second kappa shape index (κ2) is 23.2. The number of rotatable bonds is 15. The van der Waals surface area contributed by atoms with Crippen LogP contribution in [0.2, 0.25) is 0 Å². The van der Waals surface area contributed by atoms with Crippen LogP contribution in [0.1, 0.15) is 118 Å². The van der Waals surface area contributed by atoms with E-state index in [4.69, 9.17) is 0 Å². The molecule has 0 amide bonds. The molecule has 0 aromatic rings. The van der Waals surface area contributed by atoms with Crippen LogP contribution < -0.4 is 0 Å². The molecule has 0 heterocycles. The second-order valence-electron chi connectivity index (χ2n) is 6.49. The molecule has 0 atom stereocenters. The average molecular weight is 316 g/mol. The average Bonchev–Trinajstić information content (AvgIpc) is 2.54. The number of hydroxylamine groups is 2. The first-order chi connectivity index (χ1) is 10.7. The fourth-order valence-electron chi connectivity index (χ4n) is 2.26. The molecule has 0 aromatic heterocycles. The van der Waals surface area contributed by atoms with Crippen LogP contribution in [0.15, 0.2) is 0 Å². The van der Waals surface area contributed by atoms with Crippen molar-refractivity contribution in [1.29, 1.82) is 0 Å². The fourth-order valence-corrected chi connectivity index (χ4v) is 2.26. The summed E-state index contributed by atoms with van der Waals surface area (Å²) >= 11 is 0. The first kappa shape index (κ1) is 24.2. The molecule has 2 nitrogen and oxygen atoms in total. The Morgan fingerprint density at radius 3 is 1.09 bits per heavy atom. The van der Waals surface area contributed by atoms with Crippen LogP contribution >= 0.6 is 0 Å². The normalized spacial score (nSPS) is 10.6. The molecule has 1 N–H and O–H groups in total. The molecule has 0 spiro atoms. The summed E-state index contributed by atoms with van der Waals surface area (Å²) in [7, 11) is 0. The van der Waals surface area contributed by atoms with Crippen molar-refractivity contribution in [1.82, 2.24) is 5.06 Å². The van der Waals surface area contributed by atoms with Gasteiger partial charge < -0.3 is 5.21 Å². The Morgan fingerprint density at radius 2 is 0.773 bits per heavy atom. The molecule has 0 bridgehead atoms. The van der Waals surface area contributed by atoms with Gasteiger partial charge in [-0.2, -0.15) is 5.06 Å². The summed E-state index contributed by atoms with van der Waals surface area (Å²) in [6, 6.07) is 0. The van der Waals surface area contributed by atoms with Crippen LogP contribution in [0.4, 0.5) is 0 Å². The van der Waals surface area contributed by atoms with E-state index in [9.17, 15) is 5.21 Å². The van der Waals surface area contributed by atoms with Crippen LogP contribution in [0.25, 0.3) is 0 Å². The molecular formula is C20H45NO. The molecule has 0 aliphatic heterocycles. The van der Waals surface area contributed by atoms with Crippen molar-refractivity contribution >= 4 is 0 Å².